The van der Waals surface area contributed by atoms with Gasteiger partial charge in [0, 0.05) is 29.6 Å². The summed E-state index contributed by atoms with van der Waals surface area (Å²) in [5.41, 5.74) is 5.58. The maximum absolute atomic E-state index is 13.5. The van der Waals surface area contributed by atoms with Crippen LogP contribution in [0.4, 0.5) is 0 Å². The van der Waals surface area contributed by atoms with Gasteiger partial charge in [0.2, 0.25) is 0 Å². The number of hydrogen-bond donors (Lipinski definition) is 1. The third-order valence-electron chi connectivity index (χ3n) is 7.79. The second-order valence-electron chi connectivity index (χ2n) is 10.9. The highest BCUT2D eigenvalue weighted by Crippen LogP contribution is 2.47. The molecule has 0 amide bonds. The molecule has 1 aliphatic carbocycles. The average molecular weight is 643 g/mol. The van der Waals surface area contributed by atoms with E-state index in [1.165, 1.54) is 0 Å². The van der Waals surface area contributed by atoms with Crippen LogP contribution >= 0.6 is 15.9 Å². The smallest absolute Gasteiger partial charge is 0.175 e. The van der Waals surface area contributed by atoms with E-state index in [9.17, 15) is 10.1 Å². The van der Waals surface area contributed by atoms with Crippen LogP contribution in [0.25, 0.3) is 0 Å². The van der Waals surface area contributed by atoms with Crippen LogP contribution in [0.3, 0.4) is 0 Å². The molecule has 1 N–H and O–H groups in total. The van der Waals surface area contributed by atoms with E-state index < -0.39 is 5.92 Å². The van der Waals surface area contributed by atoms with Crippen LogP contribution in [0.1, 0.15) is 69.2 Å². The van der Waals surface area contributed by atoms with Crippen molar-refractivity contribution < 1.29 is 19.0 Å². The fourth-order valence-corrected chi connectivity index (χ4v) is 6.47. The van der Waals surface area contributed by atoms with E-state index in [1.807, 2.05) is 68.4 Å². The standard InChI is InChI=1S/C35H36BrN3O4/c1-4-9-23-15-30-34(31(40)16-23)33(28(19-37)22(3)39-30)25-17-29(36)35(32(18-25)41-5-2)43-20-24-10-8-12-27(14-24)42-21-26-11-6-7-13-38-26/h6-8,10-14,17-18,23,33,39H,4-5,9,15-16,20-21H2,1-3H3. The number of ether oxygens (including phenoxy) is 3. The molecule has 7 nitrogen and oxygen atoms in total. The van der Waals surface area contributed by atoms with Gasteiger partial charge in [-0.05, 0) is 96.1 Å². The molecule has 2 heterocycles. The Morgan fingerprint density at radius 2 is 1.91 bits per heavy atom. The summed E-state index contributed by atoms with van der Waals surface area (Å²) in [6.45, 7) is 7.08. The van der Waals surface area contributed by atoms with Crippen molar-refractivity contribution >= 4 is 21.7 Å². The molecule has 3 aromatic rings. The predicted octanol–water partition coefficient (Wildman–Crippen LogP) is 7.92. The number of dihydropyridines is 1. The SMILES string of the molecule is CCCC1CC(=O)C2=C(C1)NC(C)=C(C#N)C2c1cc(Br)c(OCc2cccc(OCc3ccccn3)c2)c(OCC)c1. The second kappa shape index (κ2) is 13.9. The number of carbonyl (C=O) groups is 1. The lowest BCUT2D eigenvalue weighted by atomic mass is 9.72. The van der Waals surface area contributed by atoms with E-state index in [0.717, 1.165) is 53.2 Å². The van der Waals surface area contributed by atoms with Crippen LogP contribution in [-0.4, -0.2) is 17.4 Å². The molecular weight excluding hydrogens is 606 g/mol. The number of nitriles is 1. The molecule has 8 heteroatoms. The molecule has 1 aliphatic heterocycles. The first-order valence-corrected chi connectivity index (χ1v) is 15.6. The Morgan fingerprint density at radius 1 is 1.05 bits per heavy atom. The first-order chi connectivity index (χ1) is 20.9. The third-order valence-corrected chi connectivity index (χ3v) is 8.38. The molecule has 5 rings (SSSR count). The minimum atomic E-state index is -0.464. The number of benzene rings is 2. The van der Waals surface area contributed by atoms with E-state index in [0.29, 0.717) is 59.3 Å². The molecule has 2 unspecified atom stereocenters. The van der Waals surface area contributed by atoms with E-state index in [1.54, 1.807) is 6.20 Å². The Bertz CT molecular complexity index is 1590. The summed E-state index contributed by atoms with van der Waals surface area (Å²) in [4.78, 5) is 17.8. The highest BCUT2D eigenvalue weighted by atomic mass is 79.9. The Morgan fingerprint density at radius 3 is 2.65 bits per heavy atom. The zero-order valence-electron chi connectivity index (χ0n) is 24.8. The Hall–Kier alpha value is -4.09. The molecule has 0 saturated heterocycles. The first kappa shape index (κ1) is 30.4. The molecule has 0 spiro atoms. The fraction of sp³-hybridized carbons (Fsp3) is 0.343. The number of carbonyl (C=O) groups excluding carboxylic acids is 1. The molecule has 222 valence electrons. The van der Waals surface area contributed by atoms with Crippen molar-refractivity contribution in [1.29, 1.82) is 5.26 Å². The number of rotatable bonds is 11. The van der Waals surface area contributed by atoms with Gasteiger partial charge >= 0.3 is 0 Å². The Balaban J connectivity index is 1.41. The number of Topliss-reactive ketones (excluding diaryl/α,β-unsaturated/α-hetero) is 1. The van der Waals surface area contributed by atoms with Crippen molar-refractivity contribution in [2.45, 2.75) is 65.6 Å². The van der Waals surface area contributed by atoms with Crippen molar-refractivity contribution in [1.82, 2.24) is 10.3 Å². The predicted molar refractivity (Wildman–Crippen MR) is 169 cm³/mol. The average Bonchev–Trinajstić information content (AvgIpc) is 3.00. The van der Waals surface area contributed by atoms with Crippen molar-refractivity contribution in [3.8, 4) is 23.3 Å². The summed E-state index contributed by atoms with van der Waals surface area (Å²) in [5.74, 6) is 1.81. The van der Waals surface area contributed by atoms with Gasteiger partial charge < -0.3 is 19.5 Å². The number of aromatic nitrogens is 1. The summed E-state index contributed by atoms with van der Waals surface area (Å²) in [6.07, 6.45) is 5.11. The maximum Gasteiger partial charge on any atom is 0.175 e. The number of halogens is 1. The molecule has 0 radical (unpaired) electrons. The second-order valence-corrected chi connectivity index (χ2v) is 11.8. The monoisotopic (exact) mass is 641 g/mol. The molecule has 2 aliphatic rings. The van der Waals surface area contributed by atoms with Crippen molar-refractivity contribution in [3.63, 3.8) is 0 Å². The molecular formula is C35H36BrN3O4. The zero-order chi connectivity index (χ0) is 30.3. The van der Waals surface area contributed by atoms with Gasteiger partial charge in [0.1, 0.15) is 19.0 Å². The first-order valence-electron chi connectivity index (χ1n) is 14.8. The van der Waals surface area contributed by atoms with Crippen LogP contribution in [0.5, 0.6) is 17.2 Å². The van der Waals surface area contributed by atoms with Crippen LogP contribution in [0, 0.1) is 17.2 Å². The van der Waals surface area contributed by atoms with Crippen LogP contribution in [0.2, 0.25) is 0 Å². The molecule has 43 heavy (non-hydrogen) atoms. The minimum Gasteiger partial charge on any atom is -0.490 e. The fourth-order valence-electron chi connectivity index (χ4n) is 5.89. The number of allylic oxidation sites excluding steroid dienone is 4. The van der Waals surface area contributed by atoms with Crippen LogP contribution in [-0.2, 0) is 18.0 Å². The van der Waals surface area contributed by atoms with E-state index in [2.05, 4.69) is 39.2 Å². The maximum atomic E-state index is 13.5. The van der Waals surface area contributed by atoms with Crippen molar-refractivity contribution in [2.24, 2.45) is 5.92 Å². The number of nitrogens with one attached hydrogen (secondary N) is 1. The Labute approximate surface area is 261 Å². The summed E-state index contributed by atoms with van der Waals surface area (Å²) < 4.78 is 19.0. The molecule has 0 fully saturated rings. The van der Waals surface area contributed by atoms with Crippen LogP contribution in [0.15, 0.2) is 87.8 Å². The summed E-state index contributed by atoms with van der Waals surface area (Å²) in [6, 6.07) is 19.7. The van der Waals surface area contributed by atoms with E-state index in [-0.39, 0.29) is 5.78 Å². The van der Waals surface area contributed by atoms with Gasteiger partial charge in [-0.3, -0.25) is 9.78 Å². The largest absolute Gasteiger partial charge is 0.490 e. The normalized spacial score (nSPS) is 18.1. The van der Waals surface area contributed by atoms with Gasteiger partial charge in [-0.25, -0.2) is 0 Å². The molecule has 0 bridgehead atoms. The van der Waals surface area contributed by atoms with Gasteiger partial charge in [0.05, 0.1) is 34.3 Å². The Kier molecular flexibility index (Phi) is 9.83. The number of ketones is 1. The molecule has 2 atom stereocenters. The lowest BCUT2D eigenvalue weighted by molar-refractivity contribution is -0.117. The summed E-state index contributed by atoms with van der Waals surface area (Å²) >= 11 is 3.71. The quantitative estimate of drug-likeness (QED) is 0.227. The van der Waals surface area contributed by atoms with E-state index in [4.69, 9.17) is 14.2 Å². The van der Waals surface area contributed by atoms with Gasteiger partial charge in [0.15, 0.2) is 17.3 Å². The van der Waals surface area contributed by atoms with E-state index >= 15 is 0 Å². The highest BCUT2D eigenvalue weighted by Gasteiger charge is 2.39. The number of nitrogens with zero attached hydrogens (tertiary/aromatic N) is 2. The van der Waals surface area contributed by atoms with Crippen molar-refractivity contribution in [3.05, 3.63) is 105 Å². The zero-order valence-corrected chi connectivity index (χ0v) is 26.4. The molecule has 2 aromatic carbocycles. The van der Waals surface area contributed by atoms with Gasteiger partial charge in [-0.15, -0.1) is 0 Å². The highest BCUT2D eigenvalue weighted by molar-refractivity contribution is 9.10. The lowest BCUT2D eigenvalue weighted by Crippen LogP contribution is -2.34. The lowest BCUT2D eigenvalue weighted by Gasteiger charge is -2.35. The number of hydrogen-bond acceptors (Lipinski definition) is 7. The third kappa shape index (κ3) is 6.94. The number of pyridine rings is 1. The summed E-state index contributed by atoms with van der Waals surface area (Å²) in [7, 11) is 0. The van der Waals surface area contributed by atoms with Crippen molar-refractivity contribution in [2.75, 3.05) is 6.61 Å². The van der Waals surface area contributed by atoms with Crippen LogP contribution < -0.4 is 19.5 Å². The topological polar surface area (TPSA) is 93.5 Å². The van der Waals surface area contributed by atoms with Gasteiger partial charge in [-0.1, -0.05) is 31.5 Å². The van der Waals surface area contributed by atoms with Gasteiger partial charge in [-0.2, -0.15) is 5.26 Å². The minimum absolute atomic E-state index is 0.108. The molecule has 0 saturated carbocycles. The summed E-state index contributed by atoms with van der Waals surface area (Å²) in [5, 5.41) is 13.6. The van der Waals surface area contributed by atoms with Gasteiger partial charge in [0.25, 0.3) is 0 Å². The molecule has 1 aromatic heterocycles.